The van der Waals surface area contributed by atoms with Gasteiger partial charge in [0.2, 0.25) is 0 Å². The Hall–Kier alpha value is -3.05. The predicted octanol–water partition coefficient (Wildman–Crippen LogP) is 6.34. The molecule has 8 heteroatoms. The Morgan fingerprint density at radius 2 is 1.26 bits per heavy atom. The fourth-order valence-corrected chi connectivity index (χ4v) is 9.84. The molecular weight excluding hydrogens is 557 g/mol. The first kappa shape index (κ1) is 27.5. The fourth-order valence-electron chi connectivity index (χ4n) is 4.76. The molecule has 0 atom stereocenters. The van der Waals surface area contributed by atoms with Crippen LogP contribution in [-0.2, 0) is 9.47 Å². The molecule has 0 bridgehead atoms. The van der Waals surface area contributed by atoms with Crippen LogP contribution in [0.1, 0.15) is 34.6 Å². The van der Waals surface area contributed by atoms with Crippen LogP contribution < -0.4 is 9.00 Å². The number of fused-ring (bicyclic) bond motifs is 2. The van der Waals surface area contributed by atoms with Crippen molar-refractivity contribution in [2.75, 3.05) is 13.2 Å². The number of hydrogen-bond donors (Lipinski definition) is 0. The molecule has 0 saturated heterocycles. The van der Waals surface area contributed by atoms with E-state index in [0.717, 1.165) is 11.1 Å². The highest BCUT2D eigenvalue weighted by atomic mass is 32.1. The molecule has 0 saturated carbocycles. The zero-order valence-corrected chi connectivity index (χ0v) is 27.1. The summed E-state index contributed by atoms with van der Waals surface area (Å²) in [4.78, 5) is 26.6. The van der Waals surface area contributed by atoms with Gasteiger partial charge in [-0.2, -0.15) is 0 Å². The van der Waals surface area contributed by atoms with Crippen molar-refractivity contribution >= 4 is 82.1 Å². The number of rotatable bonds is 8. The van der Waals surface area contributed by atoms with Crippen LogP contribution in [0.2, 0.25) is 19.6 Å². The second-order valence-corrected chi connectivity index (χ2v) is 17.4. The lowest BCUT2D eigenvalue weighted by atomic mass is 9.90. The van der Waals surface area contributed by atoms with Gasteiger partial charge in [0.25, 0.3) is 0 Å². The first-order valence-corrected chi connectivity index (χ1v) is 20.1. The molecule has 0 amide bonds. The minimum absolute atomic E-state index is 0.261. The summed E-state index contributed by atoms with van der Waals surface area (Å²) in [6, 6.07) is 20.7. The molecule has 2 aromatic heterocycles. The highest BCUT2D eigenvalue weighted by molar-refractivity contribution is 7.29. The zero-order valence-electron chi connectivity index (χ0n) is 22.9. The SMILES string of the molecule is CCOC(=O)c1cc(-c2ccc3cc([SiH](C)C)sc3c2)c(C(=O)OCC)cc1-c1ccc2cc([SiH2]C)sc2c1. The van der Waals surface area contributed by atoms with E-state index in [1.165, 1.54) is 29.2 Å². The standard InChI is InChI=1S/C31H32O4S2Si2/c1-6-34-30(32)24-17-23(19-9-11-21-15-29(39(4)5)37-27(21)13-19)25(31(33)35-7-2)16-22(24)18-8-10-20-14-28(38-3)36-26(20)12-18/h8-17,39H,6-7,38H2,1-5H3. The molecule has 0 spiro atoms. The van der Waals surface area contributed by atoms with Gasteiger partial charge in [-0.15, -0.1) is 22.7 Å². The van der Waals surface area contributed by atoms with Crippen molar-refractivity contribution in [3.63, 3.8) is 0 Å². The third-order valence-electron chi connectivity index (χ3n) is 6.80. The second kappa shape index (κ2) is 11.6. The Bertz CT molecular complexity index is 1700. The fraction of sp³-hybridized carbons (Fsp3) is 0.226. The quantitative estimate of drug-likeness (QED) is 0.157. The average molecular weight is 589 g/mol. The molecule has 2 heterocycles. The minimum Gasteiger partial charge on any atom is -0.462 e. The predicted molar refractivity (Wildman–Crippen MR) is 173 cm³/mol. The van der Waals surface area contributed by atoms with E-state index < -0.39 is 20.7 Å². The van der Waals surface area contributed by atoms with Crippen molar-refractivity contribution in [2.45, 2.75) is 33.5 Å². The number of esters is 2. The second-order valence-electron chi connectivity index (χ2n) is 9.76. The van der Waals surface area contributed by atoms with Gasteiger partial charge < -0.3 is 9.47 Å². The molecular formula is C31H32O4S2Si2. The normalized spacial score (nSPS) is 11.7. The van der Waals surface area contributed by atoms with Gasteiger partial charge in [0.1, 0.15) is 0 Å². The Morgan fingerprint density at radius 3 is 1.74 bits per heavy atom. The molecule has 0 aliphatic carbocycles. The van der Waals surface area contributed by atoms with Crippen molar-refractivity contribution in [3.05, 3.63) is 71.8 Å². The Balaban J connectivity index is 1.74. The van der Waals surface area contributed by atoms with Crippen molar-refractivity contribution in [3.8, 4) is 22.3 Å². The number of carbonyl (C=O) groups excluding carboxylic acids is 2. The summed E-state index contributed by atoms with van der Waals surface area (Å²) in [5.74, 6) is -0.801. The summed E-state index contributed by atoms with van der Waals surface area (Å²) < 4.78 is 16.3. The molecule has 5 rings (SSSR count). The topological polar surface area (TPSA) is 52.6 Å². The molecule has 0 aliphatic rings. The summed E-state index contributed by atoms with van der Waals surface area (Å²) in [7, 11) is -1.19. The lowest BCUT2D eigenvalue weighted by Crippen LogP contribution is -2.17. The minimum atomic E-state index is -0.933. The largest absolute Gasteiger partial charge is 0.462 e. The first-order chi connectivity index (χ1) is 18.8. The molecule has 0 aliphatic heterocycles. The van der Waals surface area contributed by atoms with Crippen LogP contribution >= 0.6 is 22.7 Å². The summed E-state index contributed by atoms with van der Waals surface area (Å²) in [5.41, 5.74) is 4.01. The van der Waals surface area contributed by atoms with Crippen LogP contribution in [0.4, 0.5) is 0 Å². The van der Waals surface area contributed by atoms with Gasteiger partial charge >= 0.3 is 11.9 Å². The summed E-state index contributed by atoms with van der Waals surface area (Å²) in [6.45, 7) is 11.1. The molecule has 3 aromatic carbocycles. The van der Waals surface area contributed by atoms with Crippen molar-refractivity contribution < 1.29 is 19.1 Å². The lowest BCUT2D eigenvalue weighted by molar-refractivity contribution is 0.0513. The number of benzene rings is 3. The van der Waals surface area contributed by atoms with Crippen molar-refractivity contribution in [2.24, 2.45) is 0 Å². The molecule has 0 radical (unpaired) electrons. The van der Waals surface area contributed by atoms with Gasteiger partial charge in [0.15, 0.2) is 0 Å². The highest BCUT2D eigenvalue weighted by Gasteiger charge is 2.23. The van der Waals surface area contributed by atoms with E-state index in [-0.39, 0.29) is 22.7 Å². The van der Waals surface area contributed by atoms with E-state index in [9.17, 15) is 9.59 Å². The van der Waals surface area contributed by atoms with Crippen molar-refractivity contribution in [1.29, 1.82) is 0 Å². The van der Waals surface area contributed by atoms with Gasteiger partial charge in [-0.1, -0.05) is 43.9 Å². The van der Waals surface area contributed by atoms with Crippen LogP contribution in [0.15, 0.2) is 60.7 Å². The maximum atomic E-state index is 13.3. The Kier molecular flexibility index (Phi) is 8.18. The van der Waals surface area contributed by atoms with Gasteiger partial charge in [0, 0.05) is 9.40 Å². The first-order valence-electron chi connectivity index (χ1n) is 13.4. The summed E-state index contributed by atoms with van der Waals surface area (Å²) in [6.07, 6.45) is 0. The molecule has 4 nitrogen and oxygen atoms in total. The van der Waals surface area contributed by atoms with E-state index >= 15 is 0 Å². The summed E-state index contributed by atoms with van der Waals surface area (Å²) >= 11 is 3.63. The van der Waals surface area contributed by atoms with E-state index in [4.69, 9.17) is 9.47 Å². The third kappa shape index (κ3) is 5.52. The maximum absolute atomic E-state index is 13.3. The van der Waals surface area contributed by atoms with E-state index in [0.29, 0.717) is 22.3 Å². The lowest BCUT2D eigenvalue weighted by Gasteiger charge is -2.16. The van der Waals surface area contributed by atoms with Crippen molar-refractivity contribution in [1.82, 2.24) is 0 Å². The van der Waals surface area contributed by atoms with Gasteiger partial charge in [-0.05, 0) is 92.3 Å². The highest BCUT2D eigenvalue weighted by Crippen LogP contribution is 2.37. The van der Waals surface area contributed by atoms with Crippen LogP contribution in [-0.4, -0.2) is 43.5 Å². The molecule has 0 unspecified atom stereocenters. The number of thiophene rings is 2. The Morgan fingerprint density at radius 1 is 0.744 bits per heavy atom. The van der Waals surface area contributed by atoms with Gasteiger partial charge in [0.05, 0.1) is 42.7 Å². The molecule has 0 N–H and O–H groups in total. The maximum Gasteiger partial charge on any atom is 0.338 e. The van der Waals surface area contributed by atoms with E-state index in [1.54, 1.807) is 13.8 Å². The number of ether oxygens (including phenoxy) is 2. The molecule has 39 heavy (non-hydrogen) atoms. The monoisotopic (exact) mass is 588 g/mol. The van der Waals surface area contributed by atoms with E-state index in [2.05, 4.69) is 56.0 Å². The van der Waals surface area contributed by atoms with Gasteiger partial charge in [-0.3, -0.25) is 0 Å². The Labute approximate surface area is 241 Å². The van der Waals surface area contributed by atoms with Crippen LogP contribution in [0.25, 0.3) is 42.4 Å². The smallest absolute Gasteiger partial charge is 0.338 e. The van der Waals surface area contributed by atoms with E-state index in [1.807, 2.05) is 46.9 Å². The third-order valence-corrected chi connectivity index (χ3v) is 14.0. The van der Waals surface area contributed by atoms with Crippen LogP contribution in [0, 0.1) is 0 Å². The van der Waals surface area contributed by atoms with Crippen LogP contribution in [0.5, 0.6) is 0 Å². The molecule has 0 fully saturated rings. The van der Waals surface area contributed by atoms with Gasteiger partial charge in [-0.25, -0.2) is 9.59 Å². The summed E-state index contributed by atoms with van der Waals surface area (Å²) in [5, 5.41) is 2.42. The number of carbonyl (C=O) groups is 2. The molecule has 5 aromatic rings. The average Bonchev–Trinajstić information content (AvgIpc) is 3.56. The zero-order chi connectivity index (χ0) is 27.7. The number of hydrogen-bond acceptors (Lipinski definition) is 6. The molecule has 200 valence electrons. The van der Waals surface area contributed by atoms with Crippen LogP contribution in [0.3, 0.4) is 0 Å².